The monoisotopic (exact) mass is 232 g/mol. The number of morpholine rings is 1. The normalized spacial score (nSPS) is 16.6. The fourth-order valence-electron chi connectivity index (χ4n) is 2.17. The lowest BCUT2D eigenvalue weighted by Crippen LogP contribution is -2.36. The lowest BCUT2D eigenvalue weighted by atomic mass is 10.2. The maximum atomic E-state index is 5.57. The zero-order chi connectivity index (χ0) is 11.7. The van der Waals surface area contributed by atoms with Crippen LogP contribution in [-0.4, -0.2) is 36.3 Å². The van der Waals surface area contributed by atoms with Crippen LogP contribution in [0.4, 0.5) is 5.69 Å². The van der Waals surface area contributed by atoms with Gasteiger partial charge >= 0.3 is 0 Å². The Morgan fingerprint density at radius 2 is 2.18 bits per heavy atom. The smallest absolute Gasteiger partial charge is 0.121 e. The summed E-state index contributed by atoms with van der Waals surface area (Å²) in [5.74, 6) is 0.833. The molecule has 3 N–H and O–H groups in total. The molecule has 2 aromatic rings. The fraction of sp³-hybridized carbons (Fsp3) is 0.417. The second-order valence-corrected chi connectivity index (χ2v) is 4.19. The van der Waals surface area contributed by atoms with Crippen molar-refractivity contribution in [1.29, 1.82) is 0 Å². The van der Waals surface area contributed by atoms with Crippen LogP contribution < -0.4 is 10.6 Å². The minimum Gasteiger partial charge on any atom is -0.378 e. The van der Waals surface area contributed by atoms with Crippen molar-refractivity contribution in [2.75, 3.05) is 31.2 Å². The first-order valence-electron chi connectivity index (χ1n) is 5.88. The van der Waals surface area contributed by atoms with Gasteiger partial charge in [0.25, 0.3) is 0 Å². The van der Waals surface area contributed by atoms with Crippen molar-refractivity contribution in [1.82, 2.24) is 9.97 Å². The van der Waals surface area contributed by atoms with Crippen LogP contribution in [0.1, 0.15) is 5.82 Å². The van der Waals surface area contributed by atoms with Crippen LogP contribution in [0.25, 0.3) is 11.0 Å². The molecule has 0 saturated carbocycles. The lowest BCUT2D eigenvalue weighted by Gasteiger charge is -2.28. The van der Waals surface area contributed by atoms with E-state index < -0.39 is 0 Å². The Kier molecular flexibility index (Phi) is 2.70. The first-order valence-corrected chi connectivity index (χ1v) is 5.88. The van der Waals surface area contributed by atoms with Gasteiger partial charge in [0.2, 0.25) is 0 Å². The molecule has 0 bridgehead atoms. The molecule has 1 fully saturated rings. The number of imidazole rings is 1. The van der Waals surface area contributed by atoms with E-state index in [4.69, 9.17) is 10.5 Å². The van der Waals surface area contributed by atoms with E-state index >= 15 is 0 Å². The second-order valence-electron chi connectivity index (χ2n) is 4.19. The van der Waals surface area contributed by atoms with Gasteiger partial charge in [0.15, 0.2) is 0 Å². The van der Waals surface area contributed by atoms with E-state index in [2.05, 4.69) is 27.0 Å². The predicted molar refractivity (Wildman–Crippen MR) is 67.0 cm³/mol. The Hall–Kier alpha value is -1.59. The van der Waals surface area contributed by atoms with Crippen LogP contribution in [0.5, 0.6) is 0 Å². The first kappa shape index (κ1) is 10.6. The Morgan fingerprint density at radius 1 is 1.35 bits per heavy atom. The highest BCUT2D eigenvalue weighted by Crippen LogP contribution is 2.21. The van der Waals surface area contributed by atoms with Gasteiger partial charge in [-0.15, -0.1) is 0 Å². The van der Waals surface area contributed by atoms with Gasteiger partial charge in [-0.3, -0.25) is 0 Å². The van der Waals surface area contributed by atoms with Gasteiger partial charge in [0.1, 0.15) is 5.82 Å². The van der Waals surface area contributed by atoms with Gasteiger partial charge < -0.3 is 20.4 Å². The zero-order valence-electron chi connectivity index (χ0n) is 9.65. The number of anilines is 1. The summed E-state index contributed by atoms with van der Waals surface area (Å²) in [6.45, 7) is 3.94. The summed E-state index contributed by atoms with van der Waals surface area (Å²) in [7, 11) is 0. The molecule has 1 aliphatic rings. The Morgan fingerprint density at radius 3 is 2.94 bits per heavy atom. The second kappa shape index (κ2) is 4.35. The van der Waals surface area contributed by atoms with Gasteiger partial charge in [-0.1, -0.05) is 0 Å². The minimum atomic E-state index is 0.446. The molecule has 2 heterocycles. The summed E-state index contributed by atoms with van der Waals surface area (Å²) in [6, 6.07) is 6.28. The largest absolute Gasteiger partial charge is 0.378 e. The van der Waals surface area contributed by atoms with Crippen LogP contribution >= 0.6 is 0 Å². The van der Waals surface area contributed by atoms with Crippen LogP contribution in [0.3, 0.4) is 0 Å². The number of rotatable bonds is 2. The molecule has 3 rings (SSSR count). The molecule has 0 aliphatic carbocycles. The molecule has 17 heavy (non-hydrogen) atoms. The minimum absolute atomic E-state index is 0.446. The molecule has 0 unspecified atom stereocenters. The molecule has 1 aromatic heterocycles. The molecule has 1 aromatic carbocycles. The number of aromatic nitrogens is 2. The Labute approximate surface area is 99.6 Å². The highest BCUT2D eigenvalue weighted by Gasteiger charge is 2.12. The SMILES string of the molecule is NCc1nc2ccc(N3CCOCC3)cc2[nH]1. The molecule has 90 valence electrons. The number of ether oxygens (including phenoxy) is 1. The van der Waals surface area contributed by atoms with E-state index in [9.17, 15) is 0 Å². The molecular weight excluding hydrogens is 216 g/mol. The van der Waals surface area contributed by atoms with Gasteiger partial charge in [0, 0.05) is 18.8 Å². The number of fused-ring (bicyclic) bond motifs is 1. The zero-order valence-corrected chi connectivity index (χ0v) is 9.65. The van der Waals surface area contributed by atoms with Crippen LogP contribution in [-0.2, 0) is 11.3 Å². The van der Waals surface area contributed by atoms with Crippen molar-refractivity contribution < 1.29 is 4.74 Å². The molecule has 1 aliphatic heterocycles. The third kappa shape index (κ3) is 1.99. The Bertz CT molecular complexity index is 516. The number of nitrogens with two attached hydrogens (primary N) is 1. The molecule has 1 saturated heterocycles. The summed E-state index contributed by atoms with van der Waals surface area (Å²) < 4.78 is 5.35. The van der Waals surface area contributed by atoms with Crippen molar-refractivity contribution in [2.24, 2.45) is 5.73 Å². The number of aromatic amines is 1. The standard InChI is InChI=1S/C12H16N4O/c13-8-12-14-10-2-1-9(7-11(10)15-12)16-3-5-17-6-4-16/h1-2,7H,3-6,8,13H2,(H,14,15). The topological polar surface area (TPSA) is 67.2 Å². The summed E-state index contributed by atoms with van der Waals surface area (Å²) >= 11 is 0. The van der Waals surface area contributed by atoms with E-state index in [0.717, 1.165) is 43.2 Å². The fourth-order valence-corrected chi connectivity index (χ4v) is 2.17. The van der Waals surface area contributed by atoms with Crippen molar-refractivity contribution >= 4 is 16.7 Å². The van der Waals surface area contributed by atoms with Crippen LogP contribution in [0.2, 0.25) is 0 Å². The molecule has 0 radical (unpaired) electrons. The predicted octanol–water partition coefficient (Wildman–Crippen LogP) is 0.858. The van der Waals surface area contributed by atoms with Gasteiger partial charge in [-0.25, -0.2) is 4.98 Å². The third-order valence-electron chi connectivity index (χ3n) is 3.08. The molecule has 5 nitrogen and oxygen atoms in total. The quantitative estimate of drug-likeness (QED) is 0.806. The van der Waals surface area contributed by atoms with E-state index in [0.29, 0.717) is 6.54 Å². The molecular formula is C12H16N4O. The third-order valence-corrected chi connectivity index (χ3v) is 3.08. The summed E-state index contributed by atoms with van der Waals surface area (Å²) in [5.41, 5.74) is 8.81. The summed E-state index contributed by atoms with van der Waals surface area (Å²) in [5, 5.41) is 0. The van der Waals surface area contributed by atoms with Crippen molar-refractivity contribution in [3.8, 4) is 0 Å². The number of hydrogen-bond acceptors (Lipinski definition) is 4. The summed E-state index contributed by atoms with van der Waals surface area (Å²) in [4.78, 5) is 9.95. The van der Waals surface area contributed by atoms with Crippen LogP contribution in [0, 0.1) is 0 Å². The number of benzene rings is 1. The van der Waals surface area contributed by atoms with Crippen molar-refractivity contribution in [3.63, 3.8) is 0 Å². The molecule has 0 spiro atoms. The van der Waals surface area contributed by atoms with E-state index in [1.54, 1.807) is 0 Å². The van der Waals surface area contributed by atoms with E-state index in [1.807, 2.05) is 6.07 Å². The molecule has 0 amide bonds. The molecule has 5 heteroatoms. The highest BCUT2D eigenvalue weighted by atomic mass is 16.5. The average molecular weight is 232 g/mol. The van der Waals surface area contributed by atoms with Crippen LogP contribution in [0.15, 0.2) is 18.2 Å². The maximum absolute atomic E-state index is 5.57. The number of hydrogen-bond donors (Lipinski definition) is 2. The number of nitrogens with one attached hydrogen (secondary N) is 1. The van der Waals surface area contributed by atoms with E-state index in [1.165, 1.54) is 5.69 Å². The van der Waals surface area contributed by atoms with E-state index in [-0.39, 0.29) is 0 Å². The highest BCUT2D eigenvalue weighted by molar-refractivity contribution is 5.79. The van der Waals surface area contributed by atoms with Gasteiger partial charge in [-0.2, -0.15) is 0 Å². The average Bonchev–Trinajstić information content (AvgIpc) is 2.81. The van der Waals surface area contributed by atoms with Gasteiger partial charge in [-0.05, 0) is 18.2 Å². The first-order chi connectivity index (χ1) is 8.36. The van der Waals surface area contributed by atoms with Crippen molar-refractivity contribution in [3.05, 3.63) is 24.0 Å². The number of nitrogens with zero attached hydrogens (tertiary/aromatic N) is 2. The molecule has 0 atom stereocenters. The maximum Gasteiger partial charge on any atom is 0.121 e. The summed E-state index contributed by atoms with van der Waals surface area (Å²) in [6.07, 6.45) is 0. The lowest BCUT2D eigenvalue weighted by molar-refractivity contribution is 0.122. The van der Waals surface area contributed by atoms with Gasteiger partial charge in [0.05, 0.1) is 30.8 Å². The Balaban J connectivity index is 1.94. The van der Waals surface area contributed by atoms with Crippen molar-refractivity contribution in [2.45, 2.75) is 6.54 Å². The number of H-pyrrole nitrogens is 1.